The molecule has 0 bridgehead atoms. The maximum absolute atomic E-state index is 5.57. The number of hydrogen-bond acceptors (Lipinski definition) is 5. The second-order valence-electron chi connectivity index (χ2n) is 7.36. The predicted molar refractivity (Wildman–Crippen MR) is 110 cm³/mol. The molecule has 4 heterocycles. The van der Waals surface area contributed by atoms with E-state index in [4.69, 9.17) is 4.74 Å². The van der Waals surface area contributed by atoms with Gasteiger partial charge in [-0.15, -0.1) is 0 Å². The summed E-state index contributed by atoms with van der Waals surface area (Å²) in [6.45, 7) is 1.58. The lowest BCUT2D eigenvalue weighted by Gasteiger charge is -2.22. The Morgan fingerprint density at radius 1 is 0.897 bits per heavy atom. The third kappa shape index (κ3) is 3.69. The molecule has 1 fully saturated rings. The Morgan fingerprint density at radius 3 is 2.45 bits per heavy atom. The number of aromatic nitrogens is 6. The van der Waals surface area contributed by atoms with E-state index in [1.165, 1.54) is 0 Å². The number of rotatable bonds is 4. The molecule has 0 aliphatic carbocycles. The van der Waals surface area contributed by atoms with E-state index in [1.807, 2.05) is 54.8 Å². The van der Waals surface area contributed by atoms with Crippen molar-refractivity contribution >= 4 is 0 Å². The van der Waals surface area contributed by atoms with Crippen molar-refractivity contribution in [3.05, 3.63) is 61.4 Å². The van der Waals surface area contributed by atoms with Crippen LogP contribution in [-0.4, -0.2) is 42.7 Å². The van der Waals surface area contributed by atoms with E-state index in [0.29, 0.717) is 11.9 Å². The van der Waals surface area contributed by atoms with Gasteiger partial charge < -0.3 is 4.74 Å². The molecule has 0 amide bonds. The van der Waals surface area contributed by atoms with Crippen LogP contribution in [-0.2, 0) is 11.8 Å². The van der Waals surface area contributed by atoms with Gasteiger partial charge in [0.15, 0.2) is 5.82 Å². The van der Waals surface area contributed by atoms with Gasteiger partial charge in [-0.2, -0.15) is 10.2 Å². The number of hydrogen-bond donors (Lipinski definition) is 0. The van der Waals surface area contributed by atoms with E-state index < -0.39 is 0 Å². The Bertz CT molecular complexity index is 1110. The molecule has 1 unspecified atom stereocenters. The quantitative estimate of drug-likeness (QED) is 0.534. The van der Waals surface area contributed by atoms with E-state index in [0.717, 1.165) is 53.9 Å². The SMILES string of the molecule is Cn1cc(-c2cccc(-c3ncc(-c4cnn(C5CCCOC5)c4)cn3)c2)cn1. The molecule has 5 rings (SSSR count). The van der Waals surface area contributed by atoms with Crippen LogP contribution in [0.1, 0.15) is 18.9 Å². The van der Waals surface area contributed by atoms with Crippen LogP contribution in [0.3, 0.4) is 0 Å². The largest absolute Gasteiger partial charge is 0.379 e. The third-order valence-electron chi connectivity index (χ3n) is 5.26. The van der Waals surface area contributed by atoms with Crippen LogP contribution >= 0.6 is 0 Å². The van der Waals surface area contributed by atoms with Crippen molar-refractivity contribution in [3.8, 4) is 33.6 Å². The zero-order valence-corrected chi connectivity index (χ0v) is 16.3. The highest BCUT2D eigenvalue weighted by atomic mass is 16.5. The van der Waals surface area contributed by atoms with Crippen LogP contribution in [0.2, 0.25) is 0 Å². The molecule has 0 radical (unpaired) electrons. The van der Waals surface area contributed by atoms with Crippen LogP contribution < -0.4 is 0 Å². The maximum Gasteiger partial charge on any atom is 0.159 e. The predicted octanol–water partition coefficient (Wildman–Crippen LogP) is 3.76. The molecule has 146 valence electrons. The van der Waals surface area contributed by atoms with Crippen LogP contribution in [0.4, 0.5) is 0 Å². The molecular formula is C22H22N6O. The lowest BCUT2D eigenvalue weighted by atomic mass is 10.1. The Morgan fingerprint density at radius 2 is 1.69 bits per heavy atom. The van der Waals surface area contributed by atoms with Gasteiger partial charge in [0.1, 0.15) is 0 Å². The number of aryl methyl sites for hydroxylation is 1. The smallest absolute Gasteiger partial charge is 0.159 e. The van der Waals surface area contributed by atoms with Crippen molar-refractivity contribution in [3.63, 3.8) is 0 Å². The average molecular weight is 386 g/mol. The van der Waals surface area contributed by atoms with Gasteiger partial charge in [-0.25, -0.2) is 9.97 Å². The molecule has 1 aromatic carbocycles. The molecular weight excluding hydrogens is 364 g/mol. The van der Waals surface area contributed by atoms with Crippen molar-refractivity contribution in [2.45, 2.75) is 18.9 Å². The first-order valence-corrected chi connectivity index (χ1v) is 9.80. The summed E-state index contributed by atoms with van der Waals surface area (Å²) < 4.78 is 9.37. The topological polar surface area (TPSA) is 70.7 Å². The maximum atomic E-state index is 5.57. The van der Waals surface area contributed by atoms with Gasteiger partial charge in [-0.1, -0.05) is 18.2 Å². The molecule has 1 aliphatic heterocycles. The summed E-state index contributed by atoms with van der Waals surface area (Å²) in [6.07, 6.45) is 13.7. The molecule has 3 aromatic heterocycles. The summed E-state index contributed by atoms with van der Waals surface area (Å²) in [4.78, 5) is 9.19. The van der Waals surface area contributed by atoms with Crippen molar-refractivity contribution in [1.82, 2.24) is 29.5 Å². The Kier molecular flexibility index (Phi) is 4.65. The fourth-order valence-electron chi connectivity index (χ4n) is 3.65. The highest BCUT2D eigenvalue weighted by molar-refractivity contribution is 5.70. The lowest BCUT2D eigenvalue weighted by Crippen LogP contribution is -2.21. The molecule has 29 heavy (non-hydrogen) atoms. The second kappa shape index (κ2) is 7.60. The van der Waals surface area contributed by atoms with Crippen LogP contribution in [0.5, 0.6) is 0 Å². The normalized spacial score (nSPS) is 16.8. The first-order chi connectivity index (χ1) is 14.3. The second-order valence-corrected chi connectivity index (χ2v) is 7.36. The third-order valence-corrected chi connectivity index (χ3v) is 5.26. The summed E-state index contributed by atoms with van der Waals surface area (Å²) in [7, 11) is 1.92. The monoisotopic (exact) mass is 386 g/mol. The lowest BCUT2D eigenvalue weighted by molar-refractivity contribution is 0.0549. The van der Waals surface area contributed by atoms with Crippen LogP contribution in [0.25, 0.3) is 33.6 Å². The summed E-state index contributed by atoms with van der Waals surface area (Å²) in [5.41, 5.74) is 5.13. The highest BCUT2D eigenvalue weighted by Crippen LogP contribution is 2.26. The molecule has 0 N–H and O–H groups in total. The molecule has 4 aromatic rings. The Labute approximate surface area is 169 Å². The zero-order chi connectivity index (χ0) is 19.6. The number of benzene rings is 1. The van der Waals surface area contributed by atoms with Crippen molar-refractivity contribution in [2.24, 2.45) is 7.05 Å². The Hall–Kier alpha value is -3.32. The highest BCUT2D eigenvalue weighted by Gasteiger charge is 2.17. The fourth-order valence-corrected chi connectivity index (χ4v) is 3.65. The summed E-state index contributed by atoms with van der Waals surface area (Å²) in [5.74, 6) is 0.701. The van der Waals surface area contributed by atoms with Gasteiger partial charge in [-0.05, 0) is 24.5 Å². The van der Waals surface area contributed by atoms with Gasteiger partial charge in [0.05, 0.1) is 25.0 Å². The molecule has 7 nitrogen and oxygen atoms in total. The van der Waals surface area contributed by atoms with Gasteiger partial charge >= 0.3 is 0 Å². The van der Waals surface area contributed by atoms with Gasteiger partial charge in [0.2, 0.25) is 0 Å². The van der Waals surface area contributed by atoms with E-state index in [1.54, 1.807) is 4.68 Å². The van der Waals surface area contributed by atoms with Crippen LogP contribution in [0, 0.1) is 0 Å². The molecule has 1 saturated heterocycles. The summed E-state index contributed by atoms with van der Waals surface area (Å²) in [6, 6.07) is 8.51. The minimum atomic E-state index is 0.313. The minimum Gasteiger partial charge on any atom is -0.379 e. The first-order valence-electron chi connectivity index (χ1n) is 9.80. The Balaban J connectivity index is 1.37. The average Bonchev–Trinajstić information content (AvgIpc) is 3.44. The molecule has 1 atom stereocenters. The summed E-state index contributed by atoms with van der Waals surface area (Å²) in [5, 5.41) is 8.76. The molecule has 1 aliphatic rings. The fraction of sp³-hybridized carbons (Fsp3) is 0.273. The minimum absolute atomic E-state index is 0.313. The molecule has 0 saturated carbocycles. The standard InChI is InChI=1S/C22H22N6O/c1-27-13-19(11-25-27)16-4-2-5-17(8-16)22-23-9-18(10-24-22)20-12-26-28(14-20)21-6-3-7-29-15-21/h2,4-5,8-14,21H,3,6-7,15H2,1H3. The number of nitrogens with zero attached hydrogens (tertiary/aromatic N) is 6. The first kappa shape index (κ1) is 17.8. The van der Waals surface area contributed by atoms with Crippen molar-refractivity contribution < 1.29 is 4.74 Å². The van der Waals surface area contributed by atoms with Crippen molar-refractivity contribution in [1.29, 1.82) is 0 Å². The van der Waals surface area contributed by atoms with Gasteiger partial charge in [0.25, 0.3) is 0 Å². The van der Waals surface area contributed by atoms with Crippen LogP contribution in [0.15, 0.2) is 61.4 Å². The van der Waals surface area contributed by atoms with E-state index >= 15 is 0 Å². The van der Waals surface area contributed by atoms with Crippen molar-refractivity contribution in [2.75, 3.05) is 13.2 Å². The number of ether oxygens (including phenoxy) is 1. The van der Waals surface area contributed by atoms with E-state index in [2.05, 4.69) is 38.5 Å². The van der Waals surface area contributed by atoms with Gasteiger partial charge in [0, 0.05) is 60.7 Å². The van der Waals surface area contributed by atoms with E-state index in [9.17, 15) is 0 Å². The van der Waals surface area contributed by atoms with E-state index in [-0.39, 0.29) is 0 Å². The molecule has 7 heteroatoms. The summed E-state index contributed by atoms with van der Waals surface area (Å²) >= 11 is 0. The van der Waals surface area contributed by atoms with Gasteiger partial charge in [-0.3, -0.25) is 9.36 Å². The zero-order valence-electron chi connectivity index (χ0n) is 16.3. The molecule has 0 spiro atoms.